The van der Waals surface area contributed by atoms with Gasteiger partial charge in [-0.25, -0.2) is 4.68 Å². The van der Waals surface area contributed by atoms with E-state index in [1.54, 1.807) is 6.20 Å². The molecule has 1 unspecified atom stereocenters. The highest BCUT2D eigenvalue weighted by molar-refractivity contribution is 5.34. The number of nitrogens with two attached hydrogens (primary N) is 1. The summed E-state index contributed by atoms with van der Waals surface area (Å²) in [5.41, 5.74) is 8.18. The third kappa shape index (κ3) is 2.07. The maximum Gasteiger partial charge on any atom is 0.0645 e. The molecular weight excluding hydrogens is 186 g/mol. The van der Waals surface area contributed by atoms with Gasteiger partial charge in [-0.05, 0) is 30.2 Å². The molecule has 2 rings (SSSR count). The van der Waals surface area contributed by atoms with Crippen LogP contribution in [0.1, 0.15) is 24.9 Å². The van der Waals surface area contributed by atoms with Crippen LogP contribution in [0.2, 0.25) is 0 Å². The fraction of sp³-hybridized carbons (Fsp3) is 0.250. The van der Waals surface area contributed by atoms with E-state index < -0.39 is 0 Å². The standard InChI is InChI=1S/C12H15N3/c1-2-12(13)10-4-6-11(7-5-10)15-9-3-8-14-15/h3-9,12H,2,13H2,1H3. The van der Waals surface area contributed by atoms with Gasteiger partial charge in [0, 0.05) is 18.4 Å². The number of rotatable bonds is 3. The number of aromatic nitrogens is 2. The quantitative estimate of drug-likeness (QED) is 0.828. The summed E-state index contributed by atoms with van der Waals surface area (Å²) >= 11 is 0. The molecule has 2 aromatic rings. The Morgan fingerprint density at radius 1 is 1.33 bits per heavy atom. The van der Waals surface area contributed by atoms with Gasteiger partial charge in [-0.3, -0.25) is 0 Å². The lowest BCUT2D eigenvalue weighted by Gasteiger charge is -2.09. The molecule has 0 bridgehead atoms. The lowest BCUT2D eigenvalue weighted by atomic mass is 10.1. The minimum atomic E-state index is 0.136. The normalized spacial score (nSPS) is 12.7. The van der Waals surface area contributed by atoms with Crippen LogP contribution in [0.3, 0.4) is 0 Å². The van der Waals surface area contributed by atoms with Crippen molar-refractivity contribution in [2.75, 3.05) is 0 Å². The lowest BCUT2D eigenvalue weighted by Crippen LogP contribution is -2.08. The molecule has 3 heteroatoms. The Balaban J connectivity index is 2.25. The van der Waals surface area contributed by atoms with Crippen LogP contribution in [0.4, 0.5) is 0 Å². The number of hydrogen-bond donors (Lipinski definition) is 1. The molecule has 0 fully saturated rings. The molecule has 0 aliphatic carbocycles. The van der Waals surface area contributed by atoms with Gasteiger partial charge in [-0.1, -0.05) is 19.1 Å². The zero-order valence-electron chi connectivity index (χ0n) is 8.80. The zero-order chi connectivity index (χ0) is 10.7. The Kier molecular flexibility index (Phi) is 2.83. The SMILES string of the molecule is CCC(N)c1ccc(-n2cccn2)cc1. The predicted octanol–water partition coefficient (Wildman–Crippen LogP) is 2.28. The van der Waals surface area contributed by atoms with Gasteiger partial charge in [-0.15, -0.1) is 0 Å². The summed E-state index contributed by atoms with van der Waals surface area (Å²) in [6.45, 7) is 2.09. The third-order valence-electron chi connectivity index (χ3n) is 2.53. The van der Waals surface area contributed by atoms with Crippen LogP contribution in [-0.4, -0.2) is 9.78 Å². The molecule has 0 aliphatic heterocycles. The first-order valence-corrected chi connectivity index (χ1v) is 5.17. The molecule has 0 aliphatic rings. The van der Waals surface area contributed by atoms with Crippen molar-refractivity contribution in [3.63, 3.8) is 0 Å². The van der Waals surface area contributed by atoms with Crippen molar-refractivity contribution in [3.05, 3.63) is 48.3 Å². The molecule has 1 aromatic carbocycles. The molecule has 2 N–H and O–H groups in total. The van der Waals surface area contributed by atoms with Crippen molar-refractivity contribution in [2.45, 2.75) is 19.4 Å². The van der Waals surface area contributed by atoms with Crippen molar-refractivity contribution >= 4 is 0 Å². The van der Waals surface area contributed by atoms with Crippen molar-refractivity contribution in [3.8, 4) is 5.69 Å². The topological polar surface area (TPSA) is 43.8 Å². The zero-order valence-corrected chi connectivity index (χ0v) is 8.80. The summed E-state index contributed by atoms with van der Waals surface area (Å²) < 4.78 is 1.83. The van der Waals surface area contributed by atoms with Crippen LogP contribution < -0.4 is 5.73 Å². The fourth-order valence-corrected chi connectivity index (χ4v) is 1.53. The Labute approximate surface area is 89.5 Å². The molecule has 1 atom stereocenters. The van der Waals surface area contributed by atoms with E-state index in [1.807, 2.05) is 29.1 Å². The highest BCUT2D eigenvalue weighted by Crippen LogP contribution is 2.15. The summed E-state index contributed by atoms with van der Waals surface area (Å²) in [6, 6.07) is 10.2. The maximum absolute atomic E-state index is 5.94. The summed E-state index contributed by atoms with van der Waals surface area (Å²) in [5.74, 6) is 0. The number of nitrogens with zero attached hydrogens (tertiary/aromatic N) is 2. The molecule has 1 aromatic heterocycles. The van der Waals surface area contributed by atoms with E-state index in [1.165, 1.54) is 5.56 Å². The minimum Gasteiger partial charge on any atom is -0.324 e. The maximum atomic E-state index is 5.94. The molecule has 0 radical (unpaired) electrons. The largest absolute Gasteiger partial charge is 0.324 e. The Morgan fingerprint density at radius 2 is 2.07 bits per heavy atom. The molecule has 3 nitrogen and oxygen atoms in total. The van der Waals surface area contributed by atoms with Crippen LogP contribution in [0.5, 0.6) is 0 Å². The third-order valence-corrected chi connectivity index (χ3v) is 2.53. The van der Waals surface area contributed by atoms with Crippen molar-refractivity contribution in [2.24, 2.45) is 5.73 Å². The van der Waals surface area contributed by atoms with Crippen molar-refractivity contribution in [1.29, 1.82) is 0 Å². The summed E-state index contributed by atoms with van der Waals surface area (Å²) in [6.07, 6.45) is 4.65. The van der Waals surface area contributed by atoms with Gasteiger partial charge in [0.05, 0.1) is 5.69 Å². The van der Waals surface area contributed by atoms with Gasteiger partial charge in [0.1, 0.15) is 0 Å². The Morgan fingerprint density at radius 3 is 2.60 bits per heavy atom. The smallest absolute Gasteiger partial charge is 0.0645 e. The first-order chi connectivity index (χ1) is 7.31. The second-order valence-corrected chi connectivity index (χ2v) is 3.56. The fourth-order valence-electron chi connectivity index (χ4n) is 1.53. The molecule has 15 heavy (non-hydrogen) atoms. The molecule has 78 valence electrons. The van der Waals surface area contributed by atoms with Crippen LogP contribution in [-0.2, 0) is 0 Å². The van der Waals surface area contributed by atoms with E-state index >= 15 is 0 Å². The van der Waals surface area contributed by atoms with Crippen LogP contribution in [0, 0.1) is 0 Å². The van der Waals surface area contributed by atoms with Crippen LogP contribution in [0.25, 0.3) is 5.69 Å². The van der Waals surface area contributed by atoms with E-state index in [0.29, 0.717) is 0 Å². The van der Waals surface area contributed by atoms with E-state index in [9.17, 15) is 0 Å². The molecule has 0 amide bonds. The van der Waals surface area contributed by atoms with E-state index in [-0.39, 0.29) is 6.04 Å². The molecule has 0 spiro atoms. The summed E-state index contributed by atoms with van der Waals surface area (Å²) in [5, 5.41) is 4.17. The average Bonchev–Trinajstić information content (AvgIpc) is 2.82. The first kappa shape index (κ1) is 9.93. The minimum absolute atomic E-state index is 0.136. The number of benzene rings is 1. The van der Waals surface area contributed by atoms with E-state index in [0.717, 1.165) is 12.1 Å². The van der Waals surface area contributed by atoms with Gasteiger partial charge in [0.2, 0.25) is 0 Å². The second kappa shape index (κ2) is 4.28. The van der Waals surface area contributed by atoms with Crippen LogP contribution >= 0.6 is 0 Å². The van der Waals surface area contributed by atoms with Crippen molar-refractivity contribution < 1.29 is 0 Å². The molecule has 1 heterocycles. The summed E-state index contributed by atoms with van der Waals surface area (Å²) in [4.78, 5) is 0. The van der Waals surface area contributed by atoms with E-state index in [4.69, 9.17) is 5.73 Å². The van der Waals surface area contributed by atoms with Crippen LogP contribution in [0.15, 0.2) is 42.7 Å². The van der Waals surface area contributed by atoms with Gasteiger partial charge in [0.25, 0.3) is 0 Å². The van der Waals surface area contributed by atoms with E-state index in [2.05, 4.69) is 24.2 Å². The lowest BCUT2D eigenvalue weighted by molar-refractivity contribution is 0.698. The Bertz CT molecular complexity index is 403. The van der Waals surface area contributed by atoms with Crippen molar-refractivity contribution in [1.82, 2.24) is 9.78 Å². The van der Waals surface area contributed by atoms with Gasteiger partial charge in [0.15, 0.2) is 0 Å². The predicted molar refractivity (Wildman–Crippen MR) is 60.8 cm³/mol. The molecule has 0 saturated heterocycles. The molecule has 0 saturated carbocycles. The Hall–Kier alpha value is -1.61. The molecular formula is C12H15N3. The van der Waals surface area contributed by atoms with Gasteiger partial charge < -0.3 is 5.73 Å². The van der Waals surface area contributed by atoms with Gasteiger partial charge >= 0.3 is 0 Å². The number of hydrogen-bond acceptors (Lipinski definition) is 2. The average molecular weight is 201 g/mol. The van der Waals surface area contributed by atoms with Gasteiger partial charge in [-0.2, -0.15) is 5.10 Å². The summed E-state index contributed by atoms with van der Waals surface area (Å²) in [7, 11) is 0. The monoisotopic (exact) mass is 201 g/mol. The highest BCUT2D eigenvalue weighted by Gasteiger charge is 2.03. The second-order valence-electron chi connectivity index (χ2n) is 3.56. The highest BCUT2D eigenvalue weighted by atomic mass is 15.3. The first-order valence-electron chi connectivity index (χ1n) is 5.17.